The quantitative estimate of drug-likeness (QED) is 0.203. The summed E-state index contributed by atoms with van der Waals surface area (Å²) in [6.45, 7) is 1.73. The molecule has 0 atom stereocenters. The first-order valence-corrected chi connectivity index (χ1v) is 8.58. The highest BCUT2D eigenvalue weighted by Gasteiger charge is 2.23. The highest BCUT2D eigenvalue weighted by atomic mass is 16.7. The summed E-state index contributed by atoms with van der Waals surface area (Å²) < 4.78 is 0. The number of amides is 1. The van der Waals surface area contributed by atoms with E-state index in [2.05, 4.69) is 4.84 Å². The summed E-state index contributed by atoms with van der Waals surface area (Å²) in [6, 6.07) is 4.93. The van der Waals surface area contributed by atoms with Crippen LogP contribution < -0.4 is 5.48 Å². The first kappa shape index (κ1) is 22.0. The number of nitrogens with zero attached hydrogens (tertiary/aromatic N) is 1. The molecule has 11 nitrogen and oxygen atoms in total. The van der Waals surface area contributed by atoms with Gasteiger partial charge in [0, 0.05) is 18.1 Å². The number of rotatable bonds is 6. The molecule has 0 aliphatic carbocycles. The second-order valence-corrected chi connectivity index (χ2v) is 6.07. The summed E-state index contributed by atoms with van der Waals surface area (Å²) in [7, 11) is 0. The number of nitro groups is 1. The maximum Gasteiger partial charge on any atom is 0.332 e. The number of aromatic hydroxyl groups is 4. The number of hydroxylamine groups is 1. The van der Waals surface area contributed by atoms with Gasteiger partial charge in [-0.2, -0.15) is 5.48 Å². The van der Waals surface area contributed by atoms with Gasteiger partial charge in [-0.15, -0.1) is 0 Å². The first-order valence-electron chi connectivity index (χ1n) is 8.58. The minimum Gasteiger partial charge on any atom is -0.504 e. The Morgan fingerprint density at radius 2 is 1.70 bits per heavy atom. The van der Waals surface area contributed by atoms with Crippen LogP contribution in [-0.4, -0.2) is 37.2 Å². The van der Waals surface area contributed by atoms with Gasteiger partial charge in [0.05, 0.1) is 16.6 Å². The molecule has 0 saturated carbocycles. The van der Waals surface area contributed by atoms with E-state index in [4.69, 9.17) is 0 Å². The van der Waals surface area contributed by atoms with Crippen LogP contribution in [-0.2, 0) is 14.4 Å². The van der Waals surface area contributed by atoms with Crippen molar-refractivity contribution in [1.29, 1.82) is 0 Å². The summed E-state index contributed by atoms with van der Waals surface area (Å²) in [5, 5.41) is 50.1. The molecular weight excluding hydrogens is 400 g/mol. The highest BCUT2D eigenvalue weighted by Crippen LogP contribution is 2.40. The topological polar surface area (TPSA) is 179 Å². The Morgan fingerprint density at radius 1 is 1.07 bits per heavy atom. The molecule has 0 heterocycles. The second-order valence-electron chi connectivity index (χ2n) is 6.07. The maximum absolute atomic E-state index is 12.2. The van der Waals surface area contributed by atoms with Gasteiger partial charge >= 0.3 is 5.97 Å². The Morgan fingerprint density at radius 3 is 2.30 bits per heavy atom. The zero-order chi connectivity index (χ0) is 22.4. The van der Waals surface area contributed by atoms with E-state index < -0.39 is 45.5 Å². The minimum atomic E-state index is -0.969. The molecular formula is C19H18N2O9. The largest absolute Gasteiger partial charge is 0.504 e. The molecule has 0 bridgehead atoms. The standard InChI is InChI=1S/C19H18N2O9/c1-2-3-19(27)30-20-18(26)8-11(10-4-5-14(22)15(23)6-10)12-7-16(24)17(25)9-13(12)21(28)29/h4-9,22-25H,2-3H2,1H3,(H,20,26)/b11-8+. The second kappa shape index (κ2) is 9.28. The van der Waals surface area contributed by atoms with Crippen LogP contribution in [0.4, 0.5) is 5.69 Å². The number of benzene rings is 2. The molecule has 2 rings (SSSR count). The Bertz CT molecular complexity index is 1030. The molecule has 0 fully saturated rings. The van der Waals surface area contributed by atoms with Crippen LogP contribution in [0.5, 0.6) is 23.0 Å². The van der Waals surface area contributed by atoms with Crippen molar-refractivity contribution in [3.8, 4) is 23.0 Å². The van der Waals surface area contributed by atoms with E-state index in [1.54, 1.807) is 6.92 Å². The van der Waals surface area contributed by atoms with E-state index in [0.29, 0.717) is 12.5 Å². The summed E-state index contributed by atoms with van der Waals surface area (Å²) in [5.74, 6) is -4.16. The van der Waals surface area contributed by atoms with Crippen molar-refractivity contribution in [2.24, 2.45) is 0 Å². The molecule has 5 N–H and O–H groups in total. The van der Waals surface area contributed by atoms with Crippen LogP contribution in [0.2, 0.25) is 0 Å². The van der Waals surface area contributed by atoms with E-state index in [9.17, 15) is 40.1 Å². The molecule has 0 aromatic heterocycles. The van der Waals surface area contributed by atoms with E-state index in [-0.39, 0.29) is 23.1 Å². The number of nitrogens with one attached hydrogen (secondary N) is 1. The molecule has 1 amide bonds. The number of hydrogen-bond donors (Lipinski definition) is 5. The normalized spacial score (nSPS) is 11.0. The molecule has 0 aliphatic heterocycles. The SMILES string of the molecule is CCCC(=O)ONC(=O)/C=C(\c1ccc(O)c(O)c1)c1cc(O)c(O)cc1[N+](=O)[O-]. The van der Waals surface area contributed by atoms with Crippen molar-refractivity contribution < 1.29 is 39.8 Å². The number of carbonyl (C=O) groups excluding carboxylic acids is 2. The van der Waals surface area contributed by atoms with E-state index >= 15 is 0 Å². The molecule has 11 heteroatoms. The lowest BCUT2D eigenvalue weighted by molar-refractivity contribution is -0.385. The zero-order valence-corrected chi connectivity index (χ0v) is 15.7. The van der Waals surface area contributed by atoms with Crippen LogP contribution in [0.3, 0.4) is 0 Å². The van der Waals surface area contributed by atoms with Crippen LogP contribution in [0.15, 0.2) is 36.4 Å². The number of phenolic OH excluding ortho intramolecular Hbond substituents is 4. The Hall–Kier alpha value is -4.28. The fourth-order valence-corrected chi connectivity index (χ4v) is 2.46. The summed E-state index contributed by atoms with van der Waals surface area (Å²) in [5.41, 5.74) is 0.824. The molecule has 0 unspecified atom stereocenters. The third-order valence-corrected chi connectivity index (χ3v) is 3.86. The molecule has 0 saturated heterocycles. The van der Waals surface area contributed by atoms with Gasteiger partial charge in [-0.3, -0.25) is 14.9 Å². The van der Waals surface area contributed by atoms with E-state index in [0.717, 1.165) is 24.3 Å². The lowest BCUT2D eigenvalue weighted by Gasteiger charge is -2.12. The van der Waals surface area contributed by atoms with Gasteiger partial charge in [-0.1, -0.05) is 13.0 Å². The molecule has 2 aromatic carbocycles. The van der Waals surface area contributed by atoms with Crippen LogP contribution in [0, 0.1) is 10.1 Å². The molecule has 30 heavy (non-hydrogen) atoms. The smallest absolute Gasteiger partial charge is 0.332 e. The lowest BCUT2D eigenvalue weighted by Crippen LogP contribution is -2.25. The maximum atomic E-state index is 12.2. The van der Waals surface area contributed by atoms with Crippen molar-refractivity contribution in [2.45, 2.75) is 19.8 Å². The van der Waals surface area contributed by atoms with Gasteiger partial charge in [-0.25, -0.2) is 4.79 Å². The van der Waals surface area contributed by atoms with Crippen molar-refractivity contribution in [3.05, 3.63) is 57.6 Å². The van der Waals surface area contributed by atoms with Gasteiger partial charge in [0.25, 0.3) is 11.6 Å². The van der Waals surface area contributed by atoms with Gasteiger partial charge < -0.3 is 25.3 Å². The number of phenols is 4. The number of carbonyl (C=O) groups is 2. The molecule has 0 radical (unpaired) electrons. The third kappa shape index (κ3) is 5.16. The number of nitro benzene ring substituents is 1. The monoisotopic (exact) mass is 418 g/mol. The first-order chi connectivity index (χ1) is 14.1. The molecule has 158 valence electrons. The molecule has 0 spiro atoms. The minimum absolute atomic E-state index is 0.0496. The van der Waals surface area contributed by atoms with Gasteiger partial charge in [-0.05, 0) is 30.2 Å². The average molecular weight is 418 g/mol. The fraction of sp³-hybridized carbons (Fsp3) is 0.158. The Balaban J connectivity index is 2.59. The van der Waals surface area contributed by atoms with E-state index in [1.165, 1.54) is 6.07 Å². The van der Waals surface area contributed by atoms with E-state index in [1.807, 2.05) is 5.48 Å². The molecule has 0 aliphatic rings. The third-order valence-electron chi connectivity index (χ3n) is 3.86. The Kier molecular flexibility index (Phi) is 6.81. The van der Waals surface area contributed by atoms with Gasteiger partial charge in [0.2, 0.25) is 0 Å². The van der Waals surface area contributed by atoms with Crippen molar-refractivity contribution in [2.75, 3.05) is 0 Å². The van der Waals surface area contributed by atoms with Crippen LogP contribution >= 0.6 is 0 Å². The van der Waals surface area contributed by atoms with Crippen LogP contribution in [0.1, 0.15) is 30.9 Å². The zero-order valence-electron chi connectivity index (χ0n) is 15.7. The number of hydrogen-bond acceptors (Lipinski definition) is 9. The summed E-state index contributed by atoms with van der Waals surface area (Å²) in [6.07, 6.45) is 1.38. The van der Waals surface area contributed by atoms with Gasteiger partial charge in [0.1, 0.15) is 0 Å². The van der Waals surface area contributed by atoms with Crippen molar-refractivity contribution >= 4 is 23.1 Å². The average Bonchev–Trinajstić information content (AvgIpc) is 2.68. The predicted molar refractivity (Wildman–Crippen MR) is 102 cm³/mol. The Labute approximate surface area is 169 Å². The highest BCUT2D eigenvalue weighted by molar-refractivity contribution is 6.00. The predicted octanol–water partition coefficient (Wildman–Crippen LogP) is 2.22. The van der Waals surface area contributed by atoms with Crippen molar-refractivity contribution in [1.82, 2.24) is 5.48 Å². The lowest BCUT2D eigenvalue weighted by atomic mass is 9.95. The summed E-state index contributed by atoms with van der Waals surface area (Å²) >= 11 is 0. The van der Waals surface area contributed by atoms with Crippen LogP contribution in [0.25, 0.3) is 5.57 Å². The van der Waals surface area contributed by atoms with Crippen molar-refractivity contribution in [3.63, 3.8) is 0 Å². The molecule has 2 aromatic rings. The fourth-order valence-electron chi connectivity index (χ4n) is 2.46. The van der Waals surface area contributed by atoms with Gasteiger partial charge in [0.15, 0.2) is 23.0 Å². The summed E-state index contributed by atoms with van der Waals surface area (Å²) in [4.78, 5) is 38.8.